The van der Waals surface area contributed by atoms with Crippen molar-refractivity contribution in [1.29, 1.82) is 0 Å². The van der Waals surface area contributed by atoms with Gasteiger partial charge in [-0.15, -0.1) is 11.3 Å². The van der Waals surface area contributed by atoms with Gasteiger partial charge in [0.2, 0.25) is 16.0 Å². The van der Waals surface area contributed by atoms with Crippen LogP contribution in [0.4, 0.5) is 33.7 Å². The van der Waals surface area contributed by atoms with E-state index in [0.717, 1.165) is 34.7 Å². The van der Waals surface area contributed by atoms with Gasteiger partial charge in [-0.3, -0.25) is 0 Å². The van der Waals surface area contributed by atoms with Crippen LogP contribution in [0.15, 0.2) is 54.7 Å². The largest absolute Gasteiger partial charge is 0.416 e. The van der Waals surface area contributed by atoms with Gasteiger partial charge in [0.25, 0.3) is 0 Å². The van der Waals surface area contributed by atoms with Crippen LogP contribution in [0.2, 0.25) is 0 Å². The standard InChI is InChI=1S/C19H16F4N4O3S2/c20-11-32(29,30)25-10-17-24-9-16(31-17)12-1-5-14(6-2-12)26-18(28)27-15-7-3-13(4-8-15)19(21,22)23/h1-9,25H,10-11H2,(H2,26,27,28). The highest BCUT2D eigenvalue weighted by atomic mass is 32.2. The summed E-state index contributed by atoms with van der Waals surface area (Å²) in [5.41, 5.74) is 0.590. The monoisotopic (exact) mass is 488 g/mol. The fourth-order valence-electron chi connectivity index (χ4n) is 2.49. The third-order valence-electron chi connectivity index (χ3n) is 4.04. The van der Waals surface area contributed by atoms with E-state index in [-0.39, 0.29) is 12.2 Å². The lowest BCUT2D eigenvalue weighted by molar-refractivity contribution is -0.137. The van der Waals surface area contributed by atoms with Crippen molar-refractivity contribution in [2.75, 3.05) is 16.6 Å². The second-order valence-corrected chi connectivity index (χ2v) is 9.25. The first kappa shape index (κ1) is 23.6. The first-order valence-electron chi connectivity index (χ1n) is 8.89. The first-order chi connectivity index (χ1) is 15.1. The molecule has 13 heteroatoms. The fourth-order valence-corrected chi connectivity index (χ4v) is 3.88. The summed E-state index contributed by atoms with van der Waals surface area (Å²) in [7, 11) is -3.97. The van der Waals surface area contributed by atoms with Crippen molar-refractivity contribution in [1.82, 2.24) is 9.71 Å². The number of rotatable bonds is 7. The summed E-state index contributed by atoms with van der Waals surface area (Å²) in [5, 5.41) is 5.46. The lowest BCUT2D eigenvalue weighted by Crippen LogP contribution is -2.24. The Morgan fingerprint density at radius 1 is 0.969 bits per heavy atom. The molecule has 0 unspecified atom stereocenters. The van der Waals surface area contributed by atoms with Gasteiger partial charge in [0.05, 0.1) is 17.0 Å². The molecule has 2 aromatic carbocycles. The lowest BCUT2D eigenvalue weighted by Gasteiger charge is -2.10. The minimum Gasteiger partial charge on any atom is -0.308 e. The molecule has 3 rings (SSSR count). The van der Waals surface area contributed by atoms with E-state index in [9.17, 15) is 30.8 Å². The molecule has 0 radical (unpaired) electrons. The number of amides is 2. The minimum atomic E-state index is -4.45. The Kier molecular flexibility index (Phi) is 7.11. The van der Waals surface area contributed by atoms with Crippen molar-refractivity contribution in [3.63, 3.8) is 0 Å². The number of nitrogens with one attached hydrogen (secondary N) is 3. The molecule has 2 amide bonds. The Labute approximate surface area is 184 Å². The van der Waals surface area contributed by atoms with Gasteiger partial charge in [-0.1, -0.05) is 12.1 Å². The number of carbonyl (C=O) groups is 1. The highest BCUT2D eigenvalue weighted by molar-refractivity contribution is 7.89. The number of hydrogen-bond donors (Lipinski definition) is 3. The van der Waals surface area contributed by atoms with Gasteiger partial charge in [0, 0.05) is 17.6 Å². The zero-order chi connectivity index (χ0) is 23.4. The number of anilines is 2. The van der Waals surface area contributed by atoms with Gasteiger partial charge in [-0.2, -0.15) is 13.2 Å². The minimum absolute atomic E-state index is 0.124. The number of hydrogen-bond acceptors (Lipinski definition) is 5. The Bertz CT molecular complexity index is 1180. The highest BCUT2D eigenvalue weighted by Gasteiger charge is 2.30. The molecule has 0 saturated heterocycles. The van der Waals surface area contributed by atoms with Crippen molar-refractivity contribution in [2.45, 2.75) is 12.7 Å². The maximum absolute atomic E-state index is 12.6. The molecule has 3 N–H and O–H groups in total. The predicted octanol–water partition coefficient (Wildman–Crippen LogP) is 4.82. The Morgan fingerprint density at radius 2 is 1.53 bits per heavy atom. The Hall–Kier alpha value is -3.03. The summed E-state index contributed by atoms with van der Waals surface area (Å²) in [6, 6.07) is 8.56. The third-order valence-corrected chi connectivity index (χ3v) is 5.96. The summed E-state index contributed by atoms with van der Waals surface area (Å²) < 4.78 is 74.4. The van der Waals surface area contributed by atoms with Crippen LogP contribution in [-0.4, -0.2) is 25.4 Å². The van der Waals surface area contributed by atoms with Crippen LogP contribution in [-0.2, 0) is 22.7 Å². The van der Waals surface area contributed by atoms with Gasteiger partial charge in [-0.25, -0.2) is 27.3 Å². The number of halogens is 4. The van der Waals surface area contributed by atoms with Crippen molar-refractivity contribution >= 4 is 38.8 Å². The van der Waals surface area contributed by atoms with E-state index in [0.29, 0.717) is 10.7 Å². The molecule has 0 aliphatic heterocycles. The lowest BCUT2D eigenvalue weighted by atomic mass is 10.2. The van der Waals surface area contributed by atoms with Gasteiger partial charge in [0.1, 0.15) is 5.01 Å². The summed E-state index contributed by atoms with van der Waals surface area (Å²) in [4.78, 5) is 16.9. The average Bonchev–Trinajstić information content (AvgIpc) is 3.22. The van der Waals surface area contributed by atoms with E-state index in [4.69, 9.17) is 0 Å². The molecular weight excluding hydrogens is 472 g/mol. The number of sulfonamides is 1. The van der Waals surface area contributed by atoms with Gasteiger partial charge in [0.15, 0.2) is 0 Å². The highest BCUT2D eigenvalue weighted by Crippen LogP contribution is 2.30. The van der Waals surface area contributed by atoms with Crippen molar-refractivity contribution in [3.8, 4) is 10.4 Å². The normalized spacial score (nSPS) is 11.9. The van der Waals surface area contributed by atoms with Gasteiger partial charge < -0.3 is 10.6 Å². The topological polar surface area (TPSA) is 100 Å². The smallest absolute Gasteiger partial charge is 0.308 e. The molecule has 0 fully saturated rings. The first-order valence-corrected chi connectivity index (χ1v) is 11.4. The Morgan fingerprint density at radius 3 is 2.06 bits per heavy atom. The molecule has 0 atom stereocenters. The van der Waals surface area contributed by atoms with Crippen LogP contribution < -0.4 is 15.4 Å². The second kappa shape index (κ2) is 9.63. The summed E-state index contributed by atoms with van der Waals surface area (Å²) >= 11 is 1.22. The van der Waals surface area contributed by atoms with Crippen molar-refractivity contribution in [3.05, 3.63) is 65.3 Å². The summed E-state index contributed by atoms with van der Waals surface area (Å²) in [5.74, 6) is 0. The van der Waals surface area contributed by atoms with E-state index in [2.05, 4.69) is 20.3 Å². The molecule has 0 spiro atoms. The Balaban J connectivity index is 1.57. The SMILES string of the molecule is O=C(Nc1ccc(-c2cnc(CNS(=O)(=O)CF)s2)cc1)Nc1ccc(C(F)(F)F)cc1. The number of alkyl halides is 4. The maximum atomic E-state index is 12.6. The van der Waals surface area contributed by atoms with Gasteiger partial charge in [-0.05, 0) is 42.0 Å². The molecule has 7 nitrogen and oxygen atoms in total. The van der Waals surface area contributed by atoms with Crippen LogP contribution in [0.1, 0.15) is 10.6 Å². The molecule has 3 aromatic rings. The zero-order valence-corrected chi connectivity index (χ0v) is 17.7. The number of benzene rings is 2. The second-order valence-electron chi connectivity index (χ2n) is 6.39. The number of thiazole rings is 1. The molecule has 32 heavy (non-hydrogen) atoms. The average molecular weight is 488 g/mol. The summed E-state index contributed by atoms with van der Waals surface area (Å²) in [6.45, 7) is -0.124. The number of nitrogens with zero attached hydrogens (tertiary/aromatic N) is 1. The van der Waals surface area contributed by atoms with Crippen LogP contribution in [0.25, 0.3) is 10.4 Å². The molecule has 1 heterocycles. The van der Waals surface area contributed by atoms with Crippen LogP contribution in [0.5, 0.6) is 0 Å². The predicted molar refractivity (Wildman–Crippen MR) is 113 cm³/mol. The van der Waals surface area contributed by atoms with Crippen LogP contribution in [0, 0.1) is 0 Å². The maximum Gasteiger partial charge on any atom is 0.416 e. The fraction of sp³-hybridized carbons (Fsp3) is 0.158. The molecule has 0 saturated carbocycles. The van der Waals surface area contributed by atoms with Crippen LogP contribution >= 0.6 is 11.3 Å². The van der Waals surface area contributed by atoms with Crippen LogP contribution in [0.3, 0.4) is 0 Å². The number of urea groups is 1. The number of aromatic nitrogens is 1. The van der Waals surface area contributed by atoms with E-state index in [1.165, 1.54) is 11.3 Å². The molecule has 1 aromatic heterocycles. The zero-order valence-electron chi connectivity index (χ0n) is 16.1. The van der Waals surface area contributed by atoms with Crippen molar-refractivity contribution < 1.29 is 30.8 Å². The summed E-state index contributed by atoms with van der Waals surface area (Å²) in [6.07, 6.45) is -2.91. The molecular formula is C19H16F4N4O3S2. The molecule has 0 aliphatic rings. The molecule has 0 aliphatic carbocycles. The molecule has 170 valence electrons. The van der Waals surface area contributed by atoms with Crippen molar-refractivity contribution in [2.24, 2.45) is 0 Å². The number of carbonyl (C=O) groups excluding carboxylic acids is 1. The quantitative estimate of drug-likeness (QED) is 0.415. The molecule has 0 bridgehead atoms. The van der Waals surface area contributed by atoms with E-state index in [1.807, 2.05) is 0 Å². The van der Waals surface area contributed by atoms with E-state index < -0.39 is 33.8 Å². The van der Waals surface area contributed by atoms with E-state index >= 15 is 0 Å². The van der Waals surface area contributed by atoms with E-state index in [1.54, 1.807) is 30.5 Å². The third kappa shape index (κ3) is 6.48. The van der Waals surface area contributed by atoms with Gasteiger partial charge >= 0.3 is 12.2 Å².